The summed E-state index contributed by atoms with van der Waals surface area (Å²) in [5, 5.41) is 9.05. The summed E-state index contributed by atoms with van der Waals surface area (Å²) in [6, 6.07) is 0.255. The maximum Gasteiger partial charge on any atom is 0.320 e. The van der Waals surface area contributed by atoms with Gasteiger partial charge in [0.15, 0.2) is 0 Å². The number of rotatable bonds is 6. The smallest absolute Gasteiger partial charge is 0.320 e. The summed E-state index contributed by atoms with van der Waals surface area (Å²) in [5.41, 5.74) is 0. The fourth-order valence-electron chi connectivity index (χ4n) is 2.82. The second-order valence-corrected chi connectivity index (χ2v) is 6.07. The van der Waals surface area contributed by atoms with E-state index >= 15 is 0 Å². The molecule has 0 aromatic carbocycles. The first-order chi connectivity index (χ1) is 9.40. The van der Waals surface area contributed by atoms with Gasteiger partial charge in [0.1, 0.15) is 0 Å². The standard InChI is InChI=1S/C15H28N2O3/c1-5-13(6-2)17(9-11(3)4)15(20)16-8-7-12(10-16)14(18)19/h11-13H,5-10H2,1-4H3,(H,18,19). The van der Waals surface area contributed by atoms with Crippen LogP contribution in [-0.2, 0) is 4.79 Å². The van der Waals surface area contributed by atoms with E-state index in [4.69, 9.17) is 5.11 Å². The normalized spacial score (nSPS) is 18.9. The van der Waals surface area contributed by atoms with Gasteiger partial charge in [0.05, 0.1) is 5.92 Å². The SMILES string of the molecule is CCC(CC)N(CC(C)C)C(=O)N1CCC(C(=O)O)C1. The van der Waals surface area contributed by atoms with E-state index in [9.17, 15) is 9.59 Å². The molecule has 1 fully saturated rings. The van der Waals surface area contributed by atoms with E-state index < -0.39 is 11.9 Å². The second-order valence-electron chi connectivity index (χ2n) is 6.07. The molecule has 0 spiro atoms. The van der Waals surface area contributed by atoms with E-state index in [1.807, 2.05) is 4.90 Å². The largest absolute Gasteiger partial charge is 0.481 e. The fourth-order valence-corrected chi connectivity index (χ4v) is 2.82. The van der Waals surface area contributed by atoms with E-state index in [0.717, 1.165) is 19.4 Å². The Balaban J connectivity index is 2.75. The molecule has 0 radical (unpaired) electrons. The van der Waals surface area contributed by atoms with Gasteiger partial charge in [-0.1, -0.05) is 27.7 Å². The van der Waals surface area contributed by atoms with Gasteiger partial charge in [-0.2, -0.15) is 0 Å². The van der Waals surface area contributed by atoms with Gasteiger partial charge >= 0.3 is 12.0 Å². The van der Waals surface area contributed by atoms with Crippen LogP contribution in [0.4, 0.5) is 4.79 Å². The predicted molar refractivity (Wildman–Crippen MR) is 78.6 cm³/mol. The number of carboxylic acids is 1. The number of carbonyl (C=O) groups excluding carboxylic acids is 1. The number of carbonyl (C=O) groups is 2. The minimum Gasteiger partial charge on any atom is -0.481 e. The van der Waals surface area contributed by atoms with Crippen molar-refractivity contribution in [3.63, 3.8) is 0 Å². The Morgan fingerprint density at radius 3 is 2.30 bits per heavy atom. The van der Waals surface area contributed by atoms with Gasteiger partial charge in [-0.15, -0.1) is 0 Å². The Bertz CT molecular complexity index is 340. The number of amides is 2. The lowest BCUT2D eigenvalue weighted by Crippen LogP contribution is -2.48. The highest BCUT2D eigenvalue weighted by Crippen LogP contribution is 2.21. The molecular weight excluding hydrogens is 256 g/mol. The highest BCUT2D eigenvalue weighted by atomic mass is 16.4. The molecule has 20 heavy (non-hydrogen) atoms. The molecule has 0 aromatic rings. The van der Waals surface area contributed by atoms with Gasteiger partial charge in [0, 0.05) is 25.7 Å². The van der Waals surface area contributed by atoms with E-state index in [0.29, 0.717) is 25.4 Å². The van der Waals surface area contributed by atoms with Crippen molar-refractivity contribution >= 4 is 12.0 Å². The molecule has 5 nitrogen and oxygen atoms in total. The summed E-state index contributed by atoms with van der Waals surface area (Å²) in [4.78, 5) is 27.3. The van der Waals surface area contributed by atoms with E-state index in [2.05, 4.69) is 27.7 Å². The Morgan fingerprint density at radius 1 is 1.30 bits per heavy atom. The van der Waals surface area contributed by atoms with E-state index in [1.165, 1.54) is 0 Å². The van der Waals surface area contributed by atoms with Crippen molar-refractivity contribution in [2.24, 2.45) is 11.8 Å². The highest BCUT2D eigenvalue weighted by Gasteiger charge is 2.34. The average molecular weight is 284 g/mol. The zero-order valence-electron chi connectivity index (χ0n) is 13.1. The molecule has 5 heteroatoms. The van der Waals surface area contributed by atoms with E-state index in [-0.39, 0.29) is 12.1 Å². The Labute approximate surface area is 121 Å². The minimum atomic E-state index is -0.793. The first kappa shape index (κ1) is 16.8. The number of aliphatic carboxylic acids is 1. The number of urea groups is 1. The monoisotopic (exact) mass is 284 g/mol. The Morgan fingerprint density at radius 2 is 1.90 bits per heavy atom. The minimum absolute atomic E-state index is 0.0103. The maximum absolute atomic E-state index is 12.7. The van der Waals surface area contributed by atoms with Crippen LogP contribution in [0, 0.1) is 11.8 Å². The summed E-state index contributed by atoms with van der Waals surface area (Å²) in [6.07, 6.45) is 2.44. The van der Waals surface area contributed by atoms with Crippen LogP contribution in [0.1, 0.15) is 47.0 Å². The Kier molecular flexibility index (Phi) is 6.30. The molecule has 0 bridgehead atoms. The third-order valence-electron chi connectivity index (χ3n) is 4.00. The molecule has 0 saturated carbocycles. The van der Waals surface area contributed by atoms with Gasteiger partial charge in [-0.25, -0.2) is 4.79 Å². The maximum atomic E-state index is 12.7. The van der Waals surface area contributed by atoms with Crippen molar-refractivity contribution in [3.8, 4) is 0 Å². The number of hydrogen-bond donors (Lipinski definition) is 1. The molecule has 1 atom stereocenters. The zero-order valence-corrected chi connectivity index (χ0v) is 13.1. The number of nitrogens with zero attached hydrogens (tertiary/aromatic N) is 2. The fraction of sp³-hybridized carbons (Fsp3) is 0.867. The van der Waals surface area contributed by atoms with Crippen LogP contribution in [0.5, 0.6) is 0 Å². The lowest BCUT2D eigenvalue weighted by molar-refractivity contribution is -0.141. The first-order valence-electron chi connectivity index (χ1n) is 7.68. The van der Waals surface area contributed by atoms with Crippen LogP contribution in [0.3, 0.4) is 0 Å². The van der Waals surface area contributed by atoms with Crippen LogP contribution in [-0.4, -0.2) is 52.6 Å². The highest BCUT2D eigenvalue weighted by molar-refractivity contribution is 5.77. The molecule has 1 rings (SSSR count). The van der Waals surface area contributed by atoms with Crippen LogP contribution >= 0.6 is 0 Å². The summed E-state index contributed by atoms with van der Waals surface area (Å²) in [6.45, 7) is 10.0. The summed E-state index contributed by atoms with van der Waals surface area (Å²) < 4.78 is 0. The molecule has 116 valence electrons. The topological polar surface area (TPSA) is 60.9 Å². The molecule has 1 heterocycles. The van der Waals surface area contributed by atoms with Crippen molar-refractivity contribution in [2.75, 3.05) is 19.6 Å². The van der Waals surface area contributed by atoms with Crippen LogP contribution in [0.2, 0.25) is 0 Å². The zero-order chi connectivity index (χ0) is 15.3. The van der Waals surface area contributed by atoms with Gasteiger partial charge in [-0.05, 0) is 25.2 Å². The number of carboxylic acid groups (broad SMARTS) is 1. The van der Waals surface area contributed by atoms with E-state index in [1.54, 1.807) is 4.90 Å². The average Bonchev–Trinajstić information content (AvgIpc) is 2.87. The molecule has 1 N–H and O–H groups in total. The molecule has 1 unspecified atom stereocenters. The molecule has 1 aliphatic heterocycles. The van der Waals surface area contributed by atoms with Gasteiger partial charge in [0.2, 0.25) is 0 Å². The summed E-state index contributed by atoms with van der Waals surface area (Å²) >= 11 is 0. The van der Waals surface area contributed by atoms with Crippen molar-refractivity contribution in [2.45, 2.75) is 53.0 Å². The van der Waals surface area contributed by atoms with Gasteiger partial charge in [-0.3, -0.25) is 4.79 Å². The number of hydrogen-bond acceptors (Lipinski definition) is 2. The summed E-state index contributed by atoms with van der Waals surface area (Å²) in [7, 11) is 0. The van der Waals surface area contributed by atoms with Crippen LogP contribution < -0.4 is 0 Å². The lowest BCUT2D eigenvalue weighted by Gasteiger charge is -2.35. The first-order valence-corrected chi connectivity index (χ1v) is 7.68. The quantitative estimate of drug-likeness (QED) is 0.815. The number of likely N-dealkylation sites (tertiary alicyclic amines) is 1. The third kappa shape index (κ3) is 4.12. The van der Waals surface area contributed by atoms with Gasteiger partial charge < -0.3 is 14.9 Å². The van der Waals surface area contributed by atoms with Crippen molar-refractivity contribution in [1.82, 2.24) is 9.80 Å². The lowest BCUT2D eigenvalue weighted by atomic mass is 10.1. The Hall–Kier alpha value is -1.26. The molecule has 1 saturated heterocycles. The second kappa shape index (κ2) is 7.50. The molecule has 2 amide bonds. The van der Waals surface area contributed by atoms with Crippen molar-refractivity contribution in [3.05, 3.63) is 0 Å². The van der Waals surface area contributed by atoms with Crippen LogP contribution in [0.15, 0.2) is 0 Å². The van der Waals surface area contributed by atoms with Crippen LogP contribution in [0.25, 0.3) is 0 Å². The predicted octanol–water partition coefficient (Wildman–Crippen LogP) is 2.66. The molecule has 1 aliphatic rings. The van der Waals surface area contributed by atoms with Crippen molar-refractivity contribution < 1.29 is 14.7 Å². The molecule has 0 aromatic heterocycles. The summed E-state index contributed by atoms with van der Waals surface area (Å²) in [5.74, 6) is -0.780. The van der Waals surface area contributed by atoms with Gasteiger partial charge in [0.25, 0.3) is 0 Å². The third-order valence-corrected chi connectivity index (χ3v) is 4.00. The molecular formula is C15H28N2O3. The molecule has 0 aliphatic carbocycles. The van der Waals surface area contributed by atoms with Crippen molar-refractivity contribution in [1.29, 1.82) is 0 Å².